The molecule has 0 aromatic heterocycles. The summed E-state index contributed by atoms with van der Waals surface area (Å²) >= 11 is 0. The Morgan fingerprint density at radius 3 is 2.64 bits per heavy atom. The van der Waals surface area contributed by atoms with Gasteiger partial charge in [-0.15, -0.1) is 0 Å². The number of ether oxygens (including phenoxy) is 1. The van der Waals surface area contributed by atoms with E-state index in [1.807, 2.05) is 20.8 Å². The van der Waals surface area contributed by atoms with Crippen molar-refractivity contribution in [1.29, 1.82) is 0 Å². The molecule has 1 fully saturated rings. The van der Waals surface area contributed by atoms with Crippen molar-refractivity contribution in [2.75, 3.05) is 6.61 Å². The Labute approximate surface area is 67.1 Å². The summed E-state index contributed by atoms with van der Waals surface area (Å²) in [6.07, 6.45) is 0.770. The minimum absolute atomic E-state index is 0.0249. The molecule has 0 aromatic carbocycles. The summed E-state index contributed by atoms with van der Waals surface area (Å²) in [5.41, 5.74) is -0.0942. The third-order valence-corrected chi connectivity index (χ3v) is 1.97. The standard InChI is InChI=1S/C8H15NO2/c1-4-8(2,3)9-7(10)6-5-11-6/h6H,4-5H2,1-3H3,(H,9,10). The van der Waals surface area contributed by atoms with Crippen molar-refractivity contribution < 1.29 is 9.53 Å². The van der Waals surface area contributed by atoms with Crippen LogP contribution in [0.25, 0.3) is 0 Å². The van der Waals surface area contributed by atoms with Crippen molar-refractivity contribution in [3.63, 3.8) is 0 Å². The maximum atomic E-state index is 11.1. The van der Waals surface area contributed by atoms with E-state index in [4.69, 9.17) is 4.74 Å². The average molecular weight is 157 g/mol. The van der Waals surface area contributed by atoms with Crippen LogP contribution in [0.1, 0.15) is 27.2 Å². The number of amides is 1. The molecule has 1 saturated heterocycles. The molecule has 0 saturated carbocycles. The van der Waals surface area contributed by atoms with Gasteiger partial charge >= 0.3 is 0 Å². The first-order valence-corrected chi connectivity index (χ1v) is 3.99. The highest BCUT2D eigenvalue weighted by atomic mass is 16.6. The van der Waals surface area contributed by atoms with Crippen LogP contribution >= 0.6 is 0 Å². The van der Waals surface area contributed by atoms with Gasteiger partial charge < -0.3 is 10.1 Å². The Morgan fingerprint density at radius 1 is 1.73 bits per heavy atom. The molecule has 11 heavy (non-hydrogen) atoms. The molecule has 0 aliphatic carbocycles. The van der Waals surface area contributed by atoms with Crippen LogP contribution in [0.3, 0.4) is 0 Å². The van der Waals surface area contributed by atoms with Gasteiger partial charge in [-0.2, -0.15) is 0 Å². The summed E-state index contributed by atoms with van der Waals surface area (Å²) in [5, 5.41) is 2.90. The molecule has 3 heteroatoms. The summed E-state index contributed by atoms with van der Waals surface area (Å²) in [7, 11) is 0. The molecular weight excluding hydrogens is 142 g/mol. The van der Waals surface area contributed by atoms with Crippen molar-refractivity contribution >= 4 is 5.91 Å². The SMILES string of the molecule is CCC(C)(C)NC(=O)C1CO1. The Morgan fingerprint density at radius 2 is 2.27 bits per heavy atom. The number of hydrogen-bond acceptors (Lipinski definition) is 2. The summed E-state index contributed by atoms with van der Waals surface area (Å²) in [6.45, 7) is 6.65. The maximum Gasteiger partial charge on any atom is 0.251 e. The molecule has 0 aromatic rings. The van der Waals surface area contributed by atoms with E-state index in [1.165, 1.54) is 0 Å². The fourth-order valence-electron chi connectivity index (χ4n) is 0.702. The van der Waals surface area contributed by atoms with E-state index in [9.17, 15) is 4.79 Å². The topological polar surface area (TPSA) is 41.6 Å². The molecule has 1 rings (SSSR count). The molecule has 1 unspecified atom stereocenters. The van der Waals surface area contributed by atoms with Gasteiger partial charge in [0.1, 0.15) is 0 Å². The van der Waals surface area contributed by atoms with Crippen LogP contribution in [0.15, 0.2) is 0 Å². The number of nitrogens with one attached hydrogen (secondary N) is 1. The van der Waals surface area contributed by atoms with Gasteiger partial charge in [-0.3, -0.25) is 4.79 Å². The lowest BCUT2D eigenvalue weighted by Gasteiger charge is -2.23. The van der Waals surface area contributed by atoms with Crippen LogP contribution < -0.4 is 5.32 Å². The molecule has 64 valence electrons. The highest BCUT2D eigenvalue weighted by Gasteiger charge is 2.33. The minimum Gasteiger partial charge on any atom is -0.363 e. The van der Waals surface area contributed by atoms with Crippen LogP contribution in [0.4, 0.5) is 0 Å². The van der Waals surface area contributed by atoms with Gasteiger partial charge in [0.25, 0.3) is 5.91 Å². The monoisotopic (exact) mass is 157 g/mol. The maximum absolute atomic E-state index is 11.1. The molecular formula is C8H15NO2. The van der Waals surface area contributed by atoms with Crippen LogP contribution in [-0.4, -0.2) is 24.2 Å². The van der Waals surface area contributed by atoms with Gasteiger partial charge in [-0.25, -0.2) is 0 Å². The lowest BCUT2D eigenvalue weighted by atomic mass is 10.0. The van der Waals surface area contributed by atoms with E-state index in [0.29, 0.717) is 6.61 Å². The van der Waals surface area contributed by atoms with Crippen LogP contribution in [0.2, 0.25) is 0 Å². The van der Waals surface area contributed by atoms with Crippen molar-refractivity contribution in [2.24, 2.45) is 0 Å². The normalized spacial score (nSPS) is 23.0. The van der Waals surface area contributed by atoms with Crippen molar-refractivity contribution in [3.8, 4) is 0 Å². The highest BCUT2D eigenvalue weighted by Crippen LogP contribution is 2.13. The zero-order chi connectivity index (χ0) is 8.48. The largest absolute Gasteiger partial charge is 0.363 e. The smallest absolute Gasteiger partial charge is 0.251 e. The molecule has 0 bridgehead atoms. The molecule has 1 amide bonds. The van der Waals surface area contributed by atoms with E-state index in [0.717, 1.165) is 6.42 Å². The second kappa shape index (κ2) is 2.81. The van der Waals surface area contributed by atoms with E-state index in [-0.39, 0.29) is 17.6 Å². The fraction of sp³-hybridized carbons (Fsp3) is 0.875. The van der Waals surface area contributed by atoms with Crippen LogP contribution in [0, 0.1) is 0 Å². The summed E-state index contributed by atoms with van der Waals surface area (Å²) in [4.78, 5) is 11.1. The van der Waals surface area contributed by atoms with Gasteiger partial charge in [0.05, 0.1) is 6.61 Å². The van der Waals surface area contributed by atoms with Gasteiger partial charge in [0, 0.05) is 5.54 Å². The Balaban J connectivity index is 2.33. The molecule has 0 radical (unpaired) electrons. The second-order valence-electron chi connectivity index (χ2n) is 3.55. The number of carbonyl (C=O) groups is 1. The van der Waals surface area contributed by atoms with E-state index in [2.05, 4.69) is 5.32 Å². The van der Waals surface area contributed by atoms with Crippen molar-refractivity contribution in [2.45, 2.75) is 38.8 Å². The Kier molecular flexibility index (Phi) is 2.18. The lowest BCUT2D eigenvalue weighted by Crippen LogP contribution is -2.44. The van der Waals surface area contributed by atoms with Gasteiger partial charge in [0.2, 0.25) is 0 Å². The number of hydrogen-bond donors (Lipinski definition) is 1. The van der Waals surface area contributed by atoms with Gasteiger partial charge in [-0.1, -0.05) is 6.92 Å². The first kappa shape index (κ1) is 8.53. The molecule has 0 spiro atoms. The number of rotatable bonds is 3. The zero-order valence-corrected chi connectivity index (χ0v) is 7.31. The minimum atomic E-state index is -0.166. The average Bonchev–Trinajstić information content (AvgIpc) is 2.67. The number of carbonyl (C=O) groups excluding carboxylic acids is 1. The quantitative estimate of drug-likeness (QED) is 0.612. The molecule has 3 nitrogen and oxygen atoms in total. The van der Waals surface area contributed by atoms with Crippen LogP contribution in [-0.2, 0) is 9.53 Å². The second-order valence-corrected chi connectivity index (χ2v) is 3.55. The molecule has 1 aliphatic heterocycles. The third-order valence-electron chi connectivity index (χ3n) is 1.97. The van der Waals surface area contributed by atoms with Crippen molar-refractivity contribution in [3.05, 3.63) is 0 Å². The van der Waals surface area contributed by atoms with Crippen LogP contribution in [0.5, 0.6) is 0 Å². The van der Waals surface area contributed by atoms with Gasteiger partial charge in [-0.05, 0) is 20.3 Å². The molecule has 1 aliphatic rings. The predicted molar refractivity (Wildman–Crippen MR) is 42.3 cm³/mol. The first-order valence-electron chi connectivity index (χ1n) is 3.99. The molecule has 1 heterocycles. The lowest BCUT2D eigenvalue weighted by molar-refractivity contribution is -0.123. The van der Waals surface area contributed by atoms with E-state index >= 15 is 0 Å². The first-order chi connectivity index (χ1) is 5.05. The van der Waals surface area contributed by atoms with E-state index < -0.39 is 0 Å². The highest BCUT2D eigenvalue weighted by molar-refractivity contribution is 5.83. The Hall–Kier alpha value is -0.570. The van der Waals surface area contributed by atoms with Crippen molar-refractivity contribution in [1.82, 2.24) is 5.32 Å². The summed E-state index contributed by atoms with van der Waals surface area (Å²) in [5.74, 6) is 0.0249. The zero-order valence-electron chi connectivity index (χ0n) is 7.31. The molecule has 1 N–H and O–H groups in total. The third kappa shape index (κ3) is 2.50. The fourth-order valence-corrected chi connectivity index (χ4v) is 0.702. The molecule has 1 atom stereocenters. The van der Waals surface area contributed by atoms with E-state index in [1.54, 1.807) is 0 Å². The van der Waals surface area contributed by atoms with Gasteiger partial charge in [0.15, 0.2) is 6.10 Å². The summed E-state index contributed by atoms with van der Waals surface area (Å²) in [6, 6.07) is 0. The summed E-state index contributed by atoms with van der Waals surface area (Å²) < 4.78 is 4.85. The number of epoxide rings is 1. The Bertz CT molecular complexity index is 161. The predicted octanol–water partition coefficient (Wildman–Crippen LogP) is 0.690.